The van der Waals surface area contributed by atoms with E-state index < -0.39 is 21.0 Å². The number of ether oxygens (including phenoxy) is 2. The summed E-state index contributed by atoms with van der Waals surface area (Å²) in [5, 5.41) is 1.92. The molecule has 0 bridgehead atoms. The number of benzene rings is 1. The first-order chi connectivity index (χ1) is 10.9. The first-order valence-corrected chi connectivity index (χ1v) is 9.56. The van der Waals surface area contributed by atoms with Crippen LogP contribution in [0.1, 0.15) is 25.3 Å². The van der Waals surface area contributed by atoms with E-state index in [4.69, 9.17) is 21.1 Å². The fourth-order valence-corrected chi connectivity index (χ4v) is 3.88. The molecule has 1 atom stereocenters. The SMILES string of the molecule is CC(C(=O)NC1CC1)S(=O)(=O)Cc1cc(Cl)c2c(c1)OCCO2. The third kappa shape index (κ3) is 3.72. The van der Waals surface area contributed by atoms with E-state index >= 15 is 0 Å². The summed E-state index contributed by atoms with van der Waals surface area (Å²) < 4.78 is 35.7. The fraction of sp³-hybridized carbons (Fsp3) is 0.533. The summed E-state index contributed by atoms with van der Waals surface area (Å²) in [7, 11) is -3.64. The Balaban J connectivity index is 1.77. The van der Waals surface area contributed by atoms with Gasteiger partial charge in [-0.3, -0.25) is 4.79 Å². The number of nitrogens with one attached hydrogen (secondary N) is 1. The van der Waals surface area contributed by atoms with Crippen molar-refractivity contribution in [2.24, 2.45) is 0 Å². The molecule has 1 saturated carbocycles. The molecule has 1 N–H and O–H groups in total. The van der Waals surface area contributed by atoms with E-state index in [0.29, 0.717) is 35.3 Å². The quantitative estimate of drug-likeness (QED) is 0.865. The number of halogens is 1. The van der Waals surface area contributed by atoms with Gasteiger partial charge in [0.2, 0.25) is 5.91 Å². The molecule has 0 spiro atoms. The van der Waals surface area contributed by atoms with Crippen LogP contribution in [0.25, 0.3) is 0 Å². The van der Waals surface area contributed by atoms with Crippen molar-refractivity contribution in [3.8, 4) is 11.5 Å². The highest BCUT2D eigenvalue weighted by molar-refractivity contribution is 7.92. The van der Waals surface area contributed by atoms with Gasteiger partial charge in [-0.2, -0.15) is 0 Å². The average molecular weight is 360 g/mol. The molecule has 2 aliphatic rings. The van der Waals surface area contributed by atoms with Gasteiger partial charge in [0, 0.05) is 6.04 Å². The predicted octanol–water partition coefficient (Wildman–Crippen LogP) is 1.69. The molecule has 1 aliphatic heterocycles. The Bertz CT molecular complexity index is 730. The number of carbonyl (C=O) groups is 1. The summed E-state index contributed by atoms with van der Waals surface area (Å²) in [4.78, 5) is 12.0. The van der Waals surface area contributed by atoms with Gasteiger partial charge >= 0.3 is 0 Å². The maximum atomic E-state index is 12.4. The van der Waals surface area contributed by atoms with E-state index in [0.717, 1.165) is 12.8 Å². The summed E-state index contributed by atoms with van der Waals surface area (Å²) in [6.07, 6.45) is 1.83. The van der Waals surface area contributed by atoms with Crippen molar-refractivity contribution in [2.45, 2.75) is 36.8 Å². The van der Waals surface area contributed by atoms with Gasteiger partial charge in [-0.25, -0.2) is 8.42 Å². The lowest BCUT2D eigenvalue weighted by Crippen LogP contribution is -2.39. The number of amides is 1. The Kier molecular flexibility index (Phi) is 4.42. The van der Waals surface area contributed by atoms with E-state index in [1.165, 1.54) is 13.0 Å². The maximum Gasteiger partial charge on any atom is 0.238 e. The Hall–Kier alpha value is -1.47. The van der Waals surface area contributed by atoms with Crippen LogP contribution >= 0.6 is 11.6 Å². The first-order valence-electron chi connectivity index (χ1n) is 7.47. The van der Waals surface area contributed by atoms with Gasteiger partial charge < -0.3 is 14.8 Å². The van der Waals surface area contributed by atoms with E-state index in [2.05, 4.69) is 5.32 Å². The van der Waals surface area contributed by atoms with Crippen molar-refractivity contribution in [2.75, 3.05) is 13.2 Å². The van der Waals surface area contributed by atoms with Crippen molar-refractivity contribution in [1.82, 2.24) is 5.32 Å². The lowest BCUT2D eigenvalue weighted by Gasteiger charge is -2.20. The topological polar surface area (TPSA) is 81.7 Å². The molecule has 1 fully saturated rings. The number of fused-ring (bicyclic) bond motifs is 1. The normalized spacial score (nSPS) is 18.3. The van der Waals surface area contributed by atoms with Crippen LogP contribution in [0.2, 0.25) is 5.02 Å². The van der Waals surface area contributed by atoms with Crippen LogP contribution in [0.3, 0.4) is 0 Å². The molecule has 1 aromatic carbocycles. The minimum absolute atomic E-state index is 0.129. The van der Waals surface area contributed by atoms with Crippen LogP contribution in [0.5, 0.6) is 11.5 Å². The van der Waals surface area contributed by atoms with Gasteiger partial charge in [-0.15, -0.1) is 0 Å². The number of carbonyl (C=O) groups excluding carboxylic acids is 1. The molecule has 3 rings (SSSR count). The highest BCUT2D eigenvalue weighted by Crippen LogP contribution is 2.38. The third-order valence-electron chi connectivity index (χ3n) is 3.86. The molecule has 1 aliphatic carbocycles. The molecule has 1 amide bonds. The number of rotatable bonds is 5. The van der Waals surface area contributed by atoms with Crippen LogP contribution in [-0.4, -0.2) is 38.8 Å². The highest BCUT2D eigenvalue weighted by Gasteiger charge is 2.32. The molecular formula is C15H18ClNO5S. The van der Waals surface area contributed by atoms with Crippen LogP contribution in [0.15, 0.2) is 12.1 Å². The zero-order chi connectivity index (χ0) is 16.6. The van der Waals surface area contributed by atoms with Crippen molar-refractivity contribution < 1.29 is 22.7 Å². The molecule has 8 heteroatoms. The molecule has 126 valence electrons. The summed E-state index contributed by atoms with van der Waals surface area (Å²) in [6.45, 7) is 2.20. The molecular weight excluding hydrogens is 342 g/mol. The van der Waals surface area contributed by atoms with E-state index in [9.17, 15) is 13.2 Å². The van der Waals surface area contributed by atoms with Crippen LogP contribution in [-0.2, 0) is 20.4 Å². The predicted molar refractivity (Wildman–Crippen MR) is 85.7 cm³/mol. The maximum absolute atomic E-state index is 12.4. The number of hydrogen-bond acceptors (Lipinski definition) is 5. The summed E-state index contributed by atoms with van der Waals surface area (Å²) in [5.74, 6) is 0.140. The van der Waals surface area contributed by atoms with Gasteiger partial charge in [-0.05, 0) is 37.5 Å². The van der Waals surface area contributed by atoms with E-state index in [1.54, 1.807) is 6.07 Å². The summed E-state index contributed by atoms with van der Waals surface area (Å²) in [5.41, 5.74) is 0.477. The third-order valence-corrected chi connectivity index (χ3v) is 6.16. The molecule has 0 radical (unpaired) electrons. The molecule has 0 aromatic heterocycles. The Morgan fingerprint density at radius 1 is 1.35 bits per heavy atom. The van der Waals surface area contributed by atoms with E-state index in [1.807, 2.05) is 0 Å². The zero-order valence-electron chi connectivity index (χ0n) is 12.7. The minimum atomic E-state index is -3.64. The van der Waals surface area contributed by atoms with Crippen molar-refractivity contribution in [1.29, 1.82) is 0 Å². The molecule has 0 saturated heterocycles. The average Bonchev–Trinajstić information content (AvgIpc) is 3.30. The second-order valence-corrected chi connectivity index (χ2v) is 8.56. The van der Waals surface area contributed by atoms with E-state index in [-0.39, 0.29) is 11.8 Å². The minimum Gasteiger partial charge on any atom is -0.486 e. The van der Waals surface area contributed by atoms with Gasteiger partial charge in [0.1, 0.15) is 18.5 Å². The first kappa shape index (κ1) is 16.4. The van der Waals surface area contributed by atoms with Crippen molar-refractivity contribution in [3.63, 3.8) is 0 Å². The zero-order valence-corrected chi connectivity index (χ0v) is 14.2. The lowest BCUT2D eigenvalue weighted by molar-refractivity contribution is -0.120. The van der Waals surface area contributed by atoms with Crippen LogP contribution in [0.4, 0.5) is 0 Å². The van der Waals surface area contributed by atoms with Gasteiger partial charge in [0.15, 0.2) is 21.3 Å². The number of sulfone groups is 1. The number of hydrogen-bond donors (Lipinski definition) is 1. The standard InChI is InChI=1S/C15H18ClNO5S/c1-9(15(18)17-11-2-3-11)23(19,20)8-10-6-12(16)14-13(7-10)21-4-5-22-14/h6-7,9,11H,2-5,8H2,1H3,(H,17,18). The van der Waals surface area contributed by atoms with Crippen LogP contribution in [0, 0.1) is 0 Å². The molecule has 1 aromatic rings. The Morgan fingerprint density at radius 2 is 2.04 bits per heavy atom. The largest absolute Gasteiger partial charge is 0.486 e. The lowest BCUT2D eigenvalue weighted by atomic mass is 10.2. The van der Waals surface area contributed by atoms with Crippen LogP contribution < -0.4 is 14.8 Å². The second kappa shape index (κ2) is 6.20. The van der Waals surface area contributed by atoms with Crippen molar-refractivity contribution >= 4 is 27.3 Å². The summed E-state index contributed by atoms with van der Waals surface area (Å²) >= 11 is 6.12. The fourth-order valence-electron chi connectivity index (χ4n) is 2.31. The van der Waals surface area contributed by atoms with Gasteiger partial charge in [0.25, 0.3) is 0 Å². The molecule has 1 unspecified atom stereocenters. The van der Waals surface area contributed by atoms with Gasteiger partial charge in [0.05, 0.1) is 10.8 Å². The molecule has 6 nitrogen and oxygen atoms in total. The monoisotopic (exact) mass is 359 g/mol. The second-order valence-electron chi connectivity index (χ2n) is 5.83. The Morgan fingerprint density at radius 3 is 2.74 bits per heavy atom. The highest BCUT2D eigenvalue weighted by atomic mass is 35.5. The molecule has 23 heavy (non-hydrogen) atoms. The smallest absolute Gasteiger partial charge is 0.238 e. The Labute approximate surface area is 140 Å². The van der Waals surface area contributed by atoms with Crippen molar-refractivity contribution in [3.05, 3.63) is 22.7 Å². The summed E-state index contributed by atoms with van der Waals surface area (Å²) in [6, 6.07) is 3.27. The van der Waals surface area contributed by atoms with Gasteiger partial charge in [-0.1, -0.05) is 11.6 Å². The molecule has 1 heterocycles.